The van der Waals surface area contributed by atoms with Gasteiger partial charge in [0.05, 0.1) is 0 Å². The van der Waals surface area contributed by atoms with Crippen molar-refractivity contribution in [2.24, 2.45) is 4.95 Å². The number of nitrogens with zero attached hydrogens (tertiary/aromatic N) is 2. The maximum Gasteiger partial charge on any atom is 1.00 e. The fraction of sp³-hybridized carbons (Fsp3) is 0.462. The van der Waals surface area contributed by atoms with Crippen molar-refractivity contribution in [3.8, 4) is 0 Å². The zero-order valence-corrected chi connectivity index (χ0v) is 16.1. The molecular formula is C13H18N2NaO3PS. The van der Waals surface area contributed by atoms with E-state index in [9.17, 15) is 14.6 Å². The van der Waals surface area contributed by atoms with Crippen molar-refractivity contribution in [1.82, 2.24) is 4.31 Å². The first-order chi connectivity index (χ1) is 9.63. The molecule has 0 fully saturated rings. The molecule has 0 N–H and O–H groups in total. The van der Waals surface area contributed by atoms with Crippen LogP contribution in [0, 0.1) is 4.91 Å². The monoisotopic (exact) mass is 336 g/mol. The summed E-state index contributed by atoms with van der Waals surface area (Å²) in [5.41, 5.74) is 1.19. The summed E-state index contributed by atoms with van der Waals surface area (Å²) >= 11 is 1.41. The predicted octanol–water partition coefficient (Wildman–Crippen LogP) is -0.441. The molecule has 0 spiro atoms. The minimum atomic E-state index is -1.97. The van der Waals surface area contributed by atoms with Crippen LogP contribution in [0.1, 0.15) is 18.9 Å². The van der Waals surface area contributed by atoms with E-state index in [1.54, 1.807) is 4.31 Å². The molecule has 110 valence electrons. The summed E-state index contributed by atoms with van der Waals surface area (Å²) in [6.07, 6.45) is 1.70. The third kappa shape index (κ3) is 9.61. The van der Waals surface area contributed by atoms with Crippen LogP contribution < -0.4 is 34.5 Å². The fourth-order valence-electron chi connectivity index (χ4n) is 1.60. The molecular weight excluding hydrogens is 318 g/mol. The van der Waals surface area contributed by atoms with Gasteiger partial charge in [-0.25, -0.2) is 0 Å². The van der Waals surface area contributed by atoms with Crippen LogP contribution in [0.15, 0.2) is 35.3 Å². The number of amides is 1. The zero-order valence-electron chi connectivity index (χ0n) is 12.4. The summed E-state index contributed by atoms with van der Waals surface area (Å²) in [7, 11) is -1.97. The summed E-state index contributed by atoms with van der Waals surface area (Å²) in [5.74, 6) is 0.661. The summed E-state index contributed by atoms with van der Waals surface area (Å²) < 4.78 is 1.70. The van der Waals surface area contributed by atoms with E-state index < -0.39 is 8.30 Å². The average molecular weight is 336 g/mol. The van der Waals surface area contributed by atoms with Crippen molar-refractivity contribution in [2.45, 2.75) is 19.8 Å². The predicted molar refractivity (Wildman–Crippen MR) is 82.2 cm³/mol. The Kier molecular flexibility index (Phi) is 12.6. The molecule has 5 nitrogen and oxygen atoms in total. The van der Waals surface area contributed by atoms with Gasteiger partial charge in [-0.3, -0.25) is 9.10 Å². The van der Waals surface area contributed by atoms with Gasteiger partial charge in [-0.05, 0) is 44.8 Å². The smallest absolute Gasteiger partial charge is 0.809 e. The van der Waals surface area contributed by atoms with E-state index in [0.29, 0.717) is 18.7 Å². The Balaban J connectivity index is 0.00000400. The largest absolute Gasteiger partial charge is 1.00 e. The average Bonchev–Trinajstić information content (AvgIpc) is 2.46. The Labute approximate surface area is 153 Å². The van der Waals surface area contributed by atoms with E-state index in [2.05, 4.69) is 4.95 Å². The van der Waals surface area contributed by atoms with E-state index in [4.69, 9.17) is 0 Å². The molecule has 21 heavy (non-hydrogen) atoms. The van der Waals surface area contributed by atoms with Crippen LogP contribution in [-0.2, 0) is 11.2 Å². The Hall–Kier alpha value is 0.0300. The second kappa shape index (κ2) is 12.6. The third-order valence-corrected chi connectivity index (χ3v) is 4.73. The summed E-state index contributed by atoms with van der Waals surface area (Å²) in [4.78, 5) is 34.9. The first-order valence-corrected chi connectivity index (χ1v) is 8.70. The van der Waals surface area contributed by atoms with Crippen molar-refractivity contribution in [1.29, 1.82) is 0 Å². The Bertz CT molecular complexity index is 425. The molecule has 0 saturated heterocycles. The van der Waals surface area contributed by atoms with Crippen molar-refractivity contribution in [2.75, 3.05) is 18.5 Å². The minimum Gasteiger partial charge on any atom is -0.809 e. The van der Waals surface area contributed by atoms with Crippen LogP contribution in [0.2, 0.25) is 0 Å². The van der Waals surface area contributed by atoms with Crippen LogP contribution in [0.4, 0.5) is 0 Å². The van der Waals surface area contributed by atoms with Crippen molar-refractivity contribution >= 4 is 26.2 Å². The van der Waals surface area contributed by atoms with Crippen LogP contribution in [0.5, 0.6) is 0 Å². The fourth-order valence-corrected chi connectivity index (χ4v) is 3.22. The van der Waals surface area contributed by atoms with E-state index in [1.807, 2.05) is 30.3 Å². The molecule has 1 atom stereocenters. The van der Waals surface area contributed by atoms with Crippen molar-refractivity contribution < 1.29 is 39.2 Å². The van der Waals surface area contributed by atoms with Crippen LogP contribution in [-0.4, -0.2) is 28.7 Å². The Morgan fingerprint density at radius 1 is 1.38 bits per heavy atom. The van der Waals surface area contributed by atoms with Gasteiger partial charge in [-0.2, -0.15) is 0 Å². The first-order valence-electron chi connectivity index (χ1n) is 6.36. The topological polar surface area (TPSA) is 72.8 Å². The molecule has 0 aliphatic heterocycles. The second-order valence-electron chi connectivity index (χ2n) is 4.20. The number of hydrogen-bond donors (Lipinski definition) is 0. The molecule has 0 heterocycles. The maximum absolute atomic E-state index is 11.5. The van der Waals surface area contributed by atoms with Gasteiger partial charge in [0.15, 0.2) is 0 Å². The molecule has 1 rings (SSSR count). The van der Waals surface area contributed by atoms with Gasteiger partial charge in [0.2, 0.25) is 5.91 Å². The Morgan fingerprint density at radius 2 is 2.05 bits per heavy atom. The normalized spacial score (nSPS) is 11.3. The van der Waals surface area contributed by atoms with Gasteiger partial charge in [0, 0.05) is 19.2 Å². The van der Waals surface area contributed by atoms with Crippen LogP contribution in [0.3, 0.4) is 0 Å². The molecule has 8 heteroatoms. The van der Waals surface area contributed by atoms with Gasteiger partial charge in [-0.15, -0.1) is 4.91 Å². The maximum atomic E-state index is 11.5. The van der Waals surface area contributed by atoms with E-state index in [0.717, 1.165) is 6.42 Å². The van der Waals surface area contributed by atoms with Crippen LogP contribution in [0.25, 0.3) is 0 Å². The van der Waals surface area contributed by atoms with Crippen molar-refractivity contribution in [3.63, 3.8) is 0 Å². The standard InChI is InChI=1S/C13H18N2O3PS.Na/c1-12(16)15(20-11-5-10-19(18)14-17)9-8-13-6-3-2-4-7-13;/h2-4,6-7H,5,8-11H2,1H3;/q-1;+1. The van der Waals surface area contributed by atoms with Gasteiger partial charge in [0.25, 0.3) is 0 Å². The van der Waals surface area contributed by atoms with Gasteiger partial charge in [0.1, 0.15) is 0 Å². The molecule has 1 aromatic carbocycles. The number of nitroso groups, excluding NO2 is 1. The van der Waals surface area contributed by atoms with Crippen LogP contribution >= 0.6 is 20.2 Å². The first kappa shape index (κ1) is 21.0. The second-order valence-corrected chi connectivity index (χ2v) is 6.62. The number of rotatable bonds is 9. The molecule has 1 aromatic rings. The molecule has 0 aromatic heterocycles. The molecule has 1 unspecified atom stereocenters. The molecule has 0 bridgehead atoms. The molecule has 0 radical (unpaired) electrons. The van der Waals surface area contributed by atoms with E-state index in [1.165, 1.54) is 24.4 Å². The number of benzene rings is 1. The number of hydrogen-bond acceptors (Lipinski definition) is 5. The third-order valence-electron chi connectivity index (χ3n) is 2.63. The number of carbonyl (C=O) groups excluding carboxylic acids is 1. The molecule has 0 aliphatic carbocycles. The van der Waals surface area contributed by atoms with E-state index in [-0.39, 0.29) is 41.6 Å². The molecule has 1 amide bonds. The Morgan fingerprint density at radius 3 is 2.62 bits per heavy atom. The SMILES string of the molecule is CC(=O)N(CCc1ccccc1)SCCCP([O-])N=O.[Na+]. The van der Waals surface area contributed by atoms with Gasteiger partial charge in [-0.1, -0.05) is 35.3 Å². The summed E-state index contributed by atoms with van der Waals surface area (Å²) in [5, 5.41) is 0. The van der Waals surface area contributed by atoms with Crippen molar-refractivity contribution in [3.05, 3.63) is 40.8 Å². The quantitative estimate of drug-likeness (QED) is 0.201. The van der Waals surface area contributed by atoms with E-state index >= 15 is 0 Å². The number of carbonyl (C=O) groups is 1. The summed E-state index contributed by atoms with van der Waals surface area (Å²) in [6, 6.07) is 9.98. The molecule has 0 aliphatic rings. The van der Waals surface area contributed by atoms with Gasteiger partial charge >= 0.3 is 29.6 Å². The molecule has 0 saturated carbocycles. The summed E-state index contributed by atoms with van der Waals surface area (Å²) in [6.45, 7) is 2.17. The van der Waals surface area contributed by atoms with Gasteiger partial charge < -0.3 is 4.89 Å². The zero-order chi connectivity index (χ0) is 14.8. The minimum absolute atomic E-state index is 0.